The molecular formula is C24H23FN4O3. The fourth-order valence-electron chi connectivity index (χ4n) is 3.65. The Morgan fingerprint density at radius 2 is 1.59 bits per heavy atom. The Kier molecular flexibility index (Phi) is 6.39. The monoisotopic (exact) mass is 434 g/mol. The molecule has 164 valence electrons. The summed E-state index contributed by atoms with van der Waals surface area (Å²) in [7, 11) is 1.53. The van der Waals surface area contributed by atoms with E-state index in [1.54, 1.807) is 23.1 Å². The van der Waals surface area contributed by atoms with E-state index in [9.17, 15) is 14.0 Å². The van der Waals surface area contributed by atoms with Crippen LogP contribution in [0.5, 0.6) is 5.88 Å². The van der Waals surface area contributed by atoms with E-state index in [1.165, 1.54) is 31.4 Å². The van der Waals surface area contributed by atoms with E-state index in [1.807, 2.05) is 18.2 Å². The quantitative estimate of drug-likeness (QED) is 0.666. The van der Waals surface area contributed by atoms with Crippen LogP contribution < -0.4 is 10.1 Å². The third-order valence-electron chi connectivity index (χ3n) is 5.50. The molecule has 0 bridgehead atoms. The van der Waals surface area contributed by atoms with Gasteiger partial charge in [0.15, 0.2) is 0 Å². The molecule has 2 heterocycles. The summed E-state index contributed by atoms with van der Waals surface area (Å²) in [5.74, 6) is -0.205. The first-order valence-corrected chi connectivity index (χ1v) is 10.4. The molecule has 0 aliphatic carbocycles. The maximum Gasteiger partial charge on any atom is 0.253 e. The fourth-order valence-corrected chi connectivity index (χ4v) is 3.65. The van der Waals surface area contributed by atoms with Gasteiger partial charge in [-0.2, -0.15) is 0 Å². The number of ether oxygens (including phenoxy) is 1. The Bertz CT molecular complexity index is 1080. The van der Waals surface area contributed by atoms with Gasteiger partial charge >= 0.3 is 0 Å². The van der Waals surface area contributed by atoms with Gasteiger partial charge in [0.2, 0.25) is 5.88 Å². The lowest BCUT2D eigenvalue weighted by molar-refractivity contribution is 0.0698. The van der Waals surface area contributed by atoms with Crippen molar-refractivity contribution in [1.82, 2.24) is 20.4 Å². The molecule has 0 saturated carbocycles. The van der Waals surface area contributed by atoms with Crippen molar-refractivity contribution >= 4 is 11.8 Å². The molecule has 1 aromatic heterocycles. The highest BCUT2D eigenvalue weighted by molar-refractivity contribution is 5.95. The Labute approximate surface area is 185 Å². The van der Waals surface area contributed by atoms with Crippen LogP contribution in [0.3, 0.4) is 0 Å². The SMILES string of the molecule is COc1ccc(-c2ccc(C(=O)N3CCC(NC(=O)c4ccc(F)cc4)CC3)cc2)nn1. The summed E-state index contributed by atoms with van der Waals surface area (Å²) in [6.45, 7) is 1.11. The predicted molar refractivity (Wildman–Crippen MR) is 117 cm³/mol. The van der Waals surface area contributed by atoms with Crippen LogP contribution in [0.1, 0.15) is 33.6 Å². The number of piperidine rings is 1. The molecule has 2 amide bonds. The van der Waals surface area contributed by atoms with E-state index < -0.39 is 0 Å². The molecule has 4 rings (SSSR count). The highest BCUT2D eigenvalue weighted by atomic mass is 19.1. The van der Waals surface area contributed by atoms with Crippen LogP contribution in [0.2, 0.25) is 0 Å². The smallest absolute Gasteiger partial charge is 0.253 e. The maximum absolute atomic E-state index is 13.0. The number of aromatic nitrogens is 2. The number of nitrogens with zero attached hydrogens (tertiary/aromatic N) is 3. The maximum atomic E-state index is 13.0. The summed E-state index contributed by atoms with van der Waals surface area (Å²) >= 11 is 0. The van der Waals surface area contributed by atoms with Crippen LogP contribution in [0, 0.1) is 5.82 Å². The van der Waals surface area contributed by atoms with Crippen LogP contribution >= 0.6 is 0 Å². The number of halogens is 1. The molecule has 2 aromatic carbocycles. The molecule has 1 aliphatic heterocycles. The minimum Gasteiger partial charge on any atom is -0.480 e. The van der Waals surface area contributed by atoms with Gasteiger partial charge in [0.25, 0.3) is 11.8 Å². The number of nitrogens with one attached hydrogen (secondary N) is 1. The van der Waals surface area contributed by atoms with Gasteiger partial charge < -0.3 is 15.0 Å². The fraction of sp³-hybridized carbons (Fsp3) is 0.250. The average Bonchev–Trinajstić information content (AvgIpc) is 2.84. The van der Waals surface area contributed by atoms with Crippen molar-refractivity contribution in [1.29, 1.82) is 0 Å². The molecule has 7 nitrogen and oxygen atoms in total. The van der Waals surface area contributed by atoms with Gasteiger partial charge in [-0.1, -0.05) is 12.1 Å². The lowest BCUT2D eigenvalue weighted by Crippen LogP contribution is -2.46. The minimum absolute atomic E-state index is 0.0207. The van der Waals surface area contributed by atoms with E-state index in [0.717, 1.165) is 5.56 Å². The summed E-state index contributed by atoms with van der Waals surface area (Å²) in [5.41, 5.74) is 2.58. The summed E-state index contributed by atoms with van der Waals surface area (Å²) < 4.78 is 18.0. The van der Waals surface area contributed by atoms with Crippen molar-refractivity contribution in [2.24, 2.45) is 0 Å². The third kappa shape index (κ3) is 4.91. The molecule has 0 spiro atoms. The number of carbonyl (C=O) groups excluding carboxylic acids is 2. The van der Waals surface area contributed by atoms with Gasteiger partial charge in [0.05, 0.1) is 12.8 Å². The molecule has 1 N–H and O–H groups in total. The zero-order chi connectivity index (χ0) is 22.5. The average molecular weight is 434 g/mol. The van der Waals surface area contributed by atoms with Gasteiger partial charge in [-0.3, -0.25) is 9.59 Å². The Hall–Kier alpha value is -3.81. The molecule has 1 saturated heterocycles. The molecule has 8 heteroatoms. The Morgan fingerprint density at radius 3 is 2.19 bits per heavy atom. The summed E-state index contributed by atoms with van der Waals surface area (Å²) in [5, 5.41) is 11.0. The van der Waals surface area contributed by atoms with Crippen LogP contribution in [0.15, 0.2) is 60.7 Å². The lowest BCUT2D eigenvalue weighted by Gasteiger charge is -2.32. The first kappa shape index (κ1) is 21.4. The molecule has 1 aliphatic rings. The number of rotatable bonds is 5. The molecule has 3 aromatic rings. The number of hydrogen-bond donors (Lipinski definition) is 1. The zero-order valence-electron chi connectivity index (χ0n) is 17.6. The first-order valence-electron chi connectivity index (χ1n) is 10.4. The predicted octanol–water partition coefficient (Wildman–Crippen LogP) is 3.33. The Balaban J connectivity index is 1.31. The van der Waals surface area contributed by atoms with Gasteiger partial charge in [-0.25, -0.2) is 4.39 Å². The molecule has 32 heavy (non-hydrogen) atoms. The molecule has 0 radical (unpaired) electrons. The zero-order valence-corrected chi connectivity index (χ0v) is 17.6. The lowest BCUT2D eigenvalue weighted by atomic mass is 10.0. The molecule has 1 fully saturated rings. The summed E-state index contributed by atoms with van der Waals surface area (Å²) in [6.07, 6.45) is 1.33. The van der Waals surface area contributed by atoms with Crippen molar-refractivity contribution in [2.75, 3.05) is 20.2 Å². The van der Waals surface area contributed by atoms with Crippen LogP contribution in [0.4, 0.5) is 4.39 Å². The minimum atomic E-state index is -0.377. The van der Waals surface area contributed by atoms with Gasteiger partial charge in [-0.15, -0.1) is 10.2 Å². The van der Waals surface area contributed by atoms with Crippen molar-refractivity contribution in [3.63, 3.8) is 0 Å². The van der Waals surface area contributed by atoms with Crippen LogP contribution in [0.25, 0.3) is 11.3 Å². The summed E-state index contributed by atoms with van der Waals surface area (Å²) in [6, 6.07) is 16.2. The first-order chi connectivity index (χ1) is 15.5. The van der Waals surface area contributed by atoms with E-state index in [4.69, 9.17) is 4.74 Å². The molecule has 0 atom stereocenters. The number of carbonyl (C=O) groups is 2. The van der Waals surface area contributed by atoms with Crippen LogP contribution in [-0.2, 0) is 0 Å². The van der Waals surface area contributed by atoms with E-state index in [0.29, 0.717) is 48.6 Å². The normalized spacial score (nSPS) is 14.1. The van der Waals surface area contributed by atoms with Crippen LogP contribution in [-0.4, -0.2) is 53.2 Å². The number of likely N-dealkylation sites (tertiary alicyclic amines) is 1. The standard InChI is InChI=1S/C24H23FN4O3/c1-32-22-11-10-21(27-28-22)16-2-4-18(5-3-16)24(31)29-14-12-20(13-15-29)26-23(30)17-6-8-19(25)9-7-17/h2-11,20H,12-15H2,1H3,(H,26,30). The topological polar surface area (TPSA) is 84.4 Å². The molecule has 0 unspecified atom stereocenters. The van der Waals surface area contributed by atoms with E-state index >= 15 is 0 Å². The van der Waals surface area contributed by atoms with Gasteiger partial charge in [-0.05, 0) is 55.3 Å². The second kappa shape index (κ2) is 9.55. The van der Waals surface area contributed by atoms with Gasteiger partial charge in [0.1, 0.15) is 5.82 Å². The summed E-state index contributed by atoms with van der Waals surface area (Å²) in [4.78, 5) is 27.0. The largest absolute Gasteiger partial charge is 0.480 e. The second-order valence-electron chi connectivity index (χ2n) is 7.59. The van der Waals surface area contributed by atoms with E-state index in [2.05, 4.69) is 15.5 Å². The molecular weight excluding hydrogens is 411 g/mol. The second-order valence-corrected chi connectivity index (χ2v) is 7.59. The van der Waals surface area contributed by atoms with Crippen molar-refractivity contribution in [3.05, 3.63) is 77.6 Å². The number of hydrogen-bond acceptors (Lipinski definition) is 5. The number of methoxy groups -OCH3 is 1. The van der Waals surface area contributed by atoms with E-state index in [-0.39, 0.29) is 23.7 Å². The van der Waals surface area contributed by atoms with Gasteiger partial charge in [0, 0.05) is 41.9 Å². The third-order valence-corrected chi connectivity index (χ3v) is 5.50. The van der Waals surface area contributed by atoms with Crippen molar-refractivity contribution in [3.8, 4) is 17.1 Å². The van der Waals surface area contributed by atoms with Crippen molar-refractivity contribution < 1.29 is 18.7 Å². The number of benzene rings is 2. The highest BCUT2D eigenvalue weighted by Gasteiger charge is 2.25. The Morgan fingerprint density at radius 1 is 0.938 bits per heavy atom. The number of amides is 2. The van der Waals surface area contributed by atoms with Crippen molar-refractivity contribution in [2.45, 2.75) is 18.9 Å². The highest BCUT2D eigenvalue weighted by Crippen LogP contribution is 2.20.